The fourth-order valence-electron chi connectivity index (χ4n) is 2.46. The second-order valence-electron chi connectivity index (χ2n) is 5.28. The minimum Gasteiger partial charge on any atom is -0.273 e. The molecule has 0 radical (unpaired) electrons. The molecule has 0 atom stereocenters. The Labute approximate surface area is 157 Å². The molecule has 5 heteroatoms. The number of carbonyl (C=O) groups is 1. The zero-order valence-corrected chi connectivity index (χ0v) is 15.8. The number of nitrogens with zero attached hydrogens (tertiary/aromatic N) is 1. The smallest absolute Gasteiger partial charge is 0.244 e. The van der Waals surface area contributed by atoms with Crippen LogP contribution in [-0.2, 0) is 11.2 Å². The lowest BCUT2D eigenvalue weighted by molar-refractivity contribution is -0.120. The standard InChI is InChI=1S/C19H14Br2N2O/c20-15-5-3-4-13(10-15)12-22-23-19(24)11-14-8-9-18(21)17-7-2-1-6-16(14)17/h1-10,12H,11H2,(H,23,24)/b22-12-. The zero-order valence-electron chi connectivity index (χ0n) is 12.7. The van der Waals surface area contributed by atoms with Gasteiger partial charge in [-0.1, -0.05) is 74.3 Å². The molecule has 0 aromatic heterocycles. The molecule has 3 rings (SSSR count). The van der Waals surface area contributed by atoms with Gasteiger partial charge < -0.3 is 0 Å². The van der Waals surface area contributed by atoms with Crippen LogP contribution in [0.2, 0.25) is 0 Å². The maximum Gasteiger partial charge on any atom is 0.244 e. The maximum absolute atomic E-state index is 12.2. The van der Waals surface area contributed by atoms with Gasteiger partial charge in [-0.15, -0.1) is 0 Å². The van der Waals surface area contributed by atoms with Crippen molar-refractivity contribution in [3.63, 3.8) is 0 Å². The molecule has 1 amide bonds. The van der Waals surface area contributed by atoms with Crippen molar-refractivity contribution in [2.24, 2.45) is 5.10 Å². The number of rotatable bonds is 4. The zero-order chi connectivity index (χ0) is 16.9. The lowest BCUT2D eigenvalue weighted by Gasteiger charge is -2.07. The SMILES string of the molecule is O=C(Cc1ccc(Br)c2ccccc12)N/N=C\c1cccc(Br)c1. The Morgan fingerprint density at radius 2 is 1.79 bits per heavy atom. The van der Waals surface area contributed by atoms with Gasteiger partial charge in [0.25, 0.3) is 0 Å². The van der Waals surface area contributed by atoms with E-state index in [9.17, 15) is 4.79 Å². The average Bonchev–Trinajstić information content (AvgIpc) is 2.58. The molecular formula is C19H14Br2N2O. The second kappa shape index (κ2) is 7.73. The van der Waals surface area contributed by atoms with Gasteiger partial charge in [0.05, 0.1) is 12.6 Å². The third kappa shape index (κ3) is 4.10. The molecule has 0 saturated heterocycles. The van der Waals surface area contributed by atoms with E-state index in [1.807, 2.05) is 60.7 Å². The number of carbonyl (C=O) groups excluding carboxylic acids is 1. The first-order valence-corrected chi connectivity index (χ1v) is 8.96. The Kier molecular flexibility index (Phi) is 5.43. The summed E-state index contributed by atoms with van der Waals surface area (Å²) in [7, 11) is 0. The van der Waals surface area contributed by atoms with Crippen LogP contribution in [0.1, 0.15) is 11.1 Å². The number of hydrogen-bond acceptors (Lipinski definition) is 2. The van der Waals surface area contributed by atoms with E-state index in [0.717, 1.165) is 30.8 Å². The second-order valence-corrected chi connectivity index (χ2v) is 7.05. The van der Waals surface area contributed by atoms with E-state index in [0.29, 0.717) is 0 Å². The summed E-state index contributed by atoms with van der Waals surface area (Å²) in [6.45, 7) is 0. The molecule has 0 heterocycles. The Morgan fingerprint density at radius 3 is 2.58 bits per heavy atom. The van der Waals surface area contributed by atoms with Crippen LogP contribution in [0.5, 0.6) is 0 Å². The van der Waals surface area contributed by atoms with E-state index in [2.05, 4.69) is 42.4 Å². The molecule has 3 nitrogen and oxygen atoms in total. The van der Waals surface area contributed by atoms with E-state index in [1.165, 1.54) is 0 Å². The van der Waals surface area contributed by atoms with Crippen molar-refractivity contribution in [3.8, 4) is 0 Å². The summed E-state index contributed by atoms with van der Waals surface area (Å²) in [5.41, 5.74) is 4.47. The fraction of sp³-hybridized carbons (Fsp3) is 0.0526. The summed E-state index contributed by atoms with van der Waals surface area (Å²) in [6.07, 6.45) is 1.91. The summed E-state index contributed by atoms with van der Waals surface area (Å²) in [4.78, 5) is 12.2. The van der Waals surface area contributed by atoms with Gasteiger partial charge in [0.15, 0.2) is 0 Å². The number of nitrogens with one attached hydrogen (secondary N) is 1. The Hall–Kier alpha value is -1.98. The van der Waals surface area contributed by atoms with Crippen molar-refractivity contribution >= 4 is 54.8 Å². The highest BCUT2D eigenvalue weighted by Crippen LogP contribution is 2.27. The van der Waals surface area contributed by atoms with E-state index in [-0.39, 0.29) is 12.3 Å². The first-order chi connectivity index (χ1) is 11.6. The highest BCUT2D eigenvalue weighted by molar-refractivity contribution is 9.11. The first-order valence-electron chi connectivity index (χ1n) is 7.37. The monoisotopic (exact) mass is 444 g/mol. The van der Waals surface area contributed by atoms with Gasteiger partial charge in [-0.05, 0) is 40.1 Å². The molecule has 1 N–H and O–H groups in total. The van der Waals surface area contributed by atoms with Crippen molar-refractivity contribution < 1.29 is 4.79 Å². The van der Waals surface area contributed by atoms with Crippen molar-refractivity contribution in [1.29, 1.82) is 0 Å². The lowest BCUT2D eigenvalue weighted by atomic mass is 10.0. The summed E-state index contributed by atoms with van der Waals surface area (Å²) >= 11 is 6.95. The molecule has 0 aliphatic heterocycles. The number of amides is 1. The summed E-state index contributed by atoms with van der Waals surface area (Å²) in [6, 6.07) is 19.6. The van der Waals surface area contributed by atoms with Crippen molar-refractivity contribution in [2.75, 3.05) is 0 Å². The van der Waals surface area contributed by atoms with Gasteiger partial charge in [0.2, 0.25) is 5.91 Å². The number of halogens is 2. The summed E-state index contributed by atoms with van der Waals surface area (Å²) in [5, 5.41) is 6.19. The largest absolute Gasteiger partial charge is 0.273 e. The van der Waals surface area contributed by atoms with Gasteiger partial charge in [-0.2, -0.15) is 5.10 Å². The molecule has 3 aromatic carbocycles. The van der Waals surface area contributed by atoms with Crippen LogP contribution in [0.3, 0.4) is 0 Å². The minimum absolute atomic E-state index is 0.145. The summed E-state index contributed by atoms with van der Waals surface area (Å²) < 4.78 is 1.99. The van der Waals surface area contributed by atoms with Crippen LogP contribution in [0, 0.1) is 0 Å². The number of hydrogen-bond donors (Lipinski definition) is 1. The van der Waals surface area contributed by atoms with Crippen LogP contribution in [-0.4, -0.2) is 12.1 Å². The maximum atomic E-state index is 12.2. The Balaban J connectivity index is 1.70. The molecule has 0 fully saturated rings. The third-order valence-corrected chi connectivity index (χ3v) is 4.75. The minimum atomic E-state index is -0.145. The summed E-state index contributed by atoms with van der Waals surface area (Å²) in [5.74, 6) is -0.145. The quantitative estimate of drug-likeness (QED) is 0.442. The predicted molar refractivity (Wildman–Crippen MR) is 105 cm³/mol. The van der Waals surface area contributed by atoms with Crippen molar-refractivity contribution in [2.45, 2.75) is 6.42 Å². The van der Waals surface area contributed by atoms with Gasteiger partial charge in [-0.3, -0.25) is 4.79 Å². The molecule has 0 aliphatic carbocycles. The fourth-order valence-corrected chi connectivity index (χ4v) is 3.35. The number of hydrazone groups is 1. The van der Waals surface area contributed by atoms with Crippen LogP contribution in [0.25, 0.3) is 10.8 Å². The number of fused-ring (bicyclic) bond motifs is 1. The van der Waals surface area contributed by atoms with Crippen LogP contribution >= 0.6 is 31.9 Å². The molecule has 0 saturated carbocycles. The molecule has 0 spiro atoms. The number of benzene rings is 3. The van der Waals surface area contributed by atoms with Gasteiger partial charge in [0, 0.05) is 8.95 Å². The molecule has 0 bridgehead atoms. The molecule has 24 heavy (non-hydrogen) atoms. The van der Waals surface area contributed by atoms with E-state index in [4.69, 9.17) is 0 Å². The van der Waals surface area contributed by atoms with Crippen LogP contribution in [0.4, 0.5) is 0 Å². The molecule has 3 aromatic rings. The Morgan fingerprint density at radius 1 is 1.00 bits per heavy atom. The van der Waals surface area contributed by atoms with Gasteiger partial charge in [-0.25, -0.2) is 5.43 Å². The van der Waals surface area contributed by atoms with E-state index in [1.54, 1.807) is 6.21 Å². The van der Waals surface area contributed by atoms with Crippen LogP contribution < -0.4 is 5.43 Å². The lowest BCUT2D eigenvalue weighted by Crippen LogP contribution is -2.19. The van der Waals surface area contributed by atoms with E-state index >= 15 is 0 Å². The third-order valence-electron chi connectivity index (χ3n) is 3.56. The highest BCUT2D eigenvalue weighted by atomic mass is 79.9. The van der Waals surface area contributed by atoms with Crippen LogP contribution in [0.15, 0.2) is 74.7 Å². The predicted octanol–water partition coefficient (Wildman–Crippen LogP) is 5.06. The average molecular weight is 446 g/mol. The van der Waals surface area contributed by atoms with Gasteiger partial charge in [0.1, 0.15) is 0 Å². The normalized spacial score (nSPS) is 11.1. The van der Waals surface area contributed by atoms with Gasteiger partial charge >= 0.3 is 0 Å². The highest BCUT2D eigenvalue weighted by Gasteiger charge is 2.08. The Bertz CT molecular complexity index is 922. The molecule has 0 aliphatic rings. The molecule has 0 unspecified atom stereocenters. The van der Waals surface area contributed by atoms with Crippen molar-refractivity contribution in [3.05, 3.63) is 80.7 Å². The topological polar surface area (TPSA) is 41.5 Å². The molecular weight excluding hydrogens is 432 g/mol. The molecule has 120 valence electrons. The van der Waals surface area contributed by atoms with E-state index < -0.39 is 0 Å². The first kappa shape index (κ1) is 16.9. The van der Waals surface area contributed by atoms with Crippen molar-refractivity contribution in [1.82, 2.24) is 5.43 Å².